The number of amides is 1. The second-order valence-corrected chi connectivity index (χ2v) is 6.34. The maximum absolute atomic E-state index is 12.7. The van der Waals surface area contributed by atoms with Crippen molar-refractivity contribution in [1.29, 1.82) is 0 Å². The zero-order valence-corrected chi connectivity index (χ0v) is 15.7. The van der Waals surface area contributed by atoms with Gasteiger partial charge in [-0.05, 0) is 48.5 Å². The first-order valence-corrected chi connectivity index (χ1v) is 9.00. The van der Waals surface area contributed by atoms with Crippen LogP contribution in [-0.2, 0) is 16.1 Å². The number of esters is 1. The molecule has 0 aliphatic carbocycles. The SMILES string of the molecule is COC(=O)c1ccc(NC(=O)Cn2c(-c3ccccn3)nc3ccccc32)cc1. The molecule has 0 aliphatic rings. The Kier molecular flexibility index (Phi) is 5.03. The van der Waals surface area contributed by atoms with Crippen molar-refractivity contribution < 1.29 is 14.3 Å². The van der Waals surface area contributed by atoms with Gasteiger partial charge in [-0.3, -0.25) is 9.78 Å². The summed E-state index contributed by atoms with van der Waals surface area (Å²) in [6.07, 6.45) is 1.70. The molecule has 0 spiro atoms. The molecule has 4 rings (SSSR count). The lowest BCUT2D eigenvalue weighted by atomic mass is 10.2. The van der Waals surface area contributed by atoms with Crippen LogP contribution < -0.4 is 5.32 Å². The number of benzene rings is 2. The maximum Gasteiger partial charge on any atom is 0.337 e. The molecule has 0 saturated heterocycles. The Morgan fingerprint density at radius 3 is 2.48 bits per heavy atom. The molecule has 7 heteroatoms. The first-order valence-electron chi connectivity index (χ1n) is 9.00. The van der Waals surface area contributed by atoms with Crippen molar-refractivity contribution >= 4 is 28.6 Å². The molecule has 29 heavy (non-hydrogen) atoms. The number of rotatable bonds is 5. The molecule has 2 aromatic carbocycles. The van der Waals surface area contributed by atoms with Crippen molar-refractivity contribution in [2.45, 2.75) is 6.54 Å². The largest absolute Gasteiger partial charge is 0.465 e. The van der Waals surface area contributed by atoms with Gasteiger partial charge in [0, 0.05) is 11.9 Å². The van der Waals surface area contributed by atoms with Crippen molar-refractivity contribution in [3.05, 3.63) is 78.5 Å². The van der Waals surface area contributed by atoms with Gasteiger partial charge in [0.05, 0.1) is 23.7 Å². The van der Waals surface area contributed by atoms with Gasteiger partial charge in [0.1, 0.15) is 12.2 Å². The van der Waals surface area contributed by atoms with Crippen molar-refractivity contribution in [3.8, 4) is 11.5 Å². The number of pyridine rings is 1. The average Bonchev–Trinajstić information content (AvgIpc) is 3.12. The van der Waals surface area contributed by atoms with Gasteiger partial charge < -0.3 is 14.6 Å². The molecule has 1 amide bonds. The van der Waals surface area contributed by atoms with E-state index in [4.69, 9.17) is 0 Å². The maximum atomic E-state index is 12.7. The standard InChI is InChI=1S/C22H18N4O3/c1-29-22(28)15-9-11-16(12-10-15)24-20(27)14-26-19-8-3-2-6-17(19)25-21(26)18-7-4-5-13-23-18/h2-13H,14H2,1H3,(H,24,27). The molecule has 0 fully saturated rings. The molecule has 0 unspecified atom stereocenters. The van der Waals surface area contributed by atoms with Crippen molar-refractivity contribution in [2.24, 2.45) is 0 Å². The highest BCUT2D eigenvalue weighted by atomic mass is 16.5. The summed E-state index contributed by atoms with van der Waals surface area (Å²) in [5.74, 6) is -0.00749. The summed E-state index contributed by atoms with van der Waals surface area (Å²) < 4.78 is 6.52. The topological polar surface area (TPSA) is 86.1 Å². The highest BCUT2D eigenvalue weighted by Gasteiger charge is 2.16. The van der Waals surface area contributed by atoms with Crippen LogP contribution in [0, 0.1) is 0 Å². The van der Waals surface area contributed by atoms with E-state index < -0.39 is 5.97 Å². The lowest BCUT2D eigenvalue weighted by molar-refractivity contribution is -0.116. The number of imidazole rings is 1. The number of fused-ring (bicyclic) bond motifs is 1. The molecule has 1 N–H and O–H groups in total. The summed E-state index contributed by atoms with van der Waals surface area (Å²) in [5.41, 5.74) is 3.35. The van der Waals surface area contributed by atoms with Crippen LogP contribution in [0.25, 0.3) is 22.6 Å². The third-order valence-electron chi connectivity index (χ3n) is 4.44. The minimum absolute atomic E-state index is 0.0746. The predicted octanol–water partition coefficient (Wildman–Crippen LogP) is 3.52. The molecule has 144 valence electrons. The zero-order chi connectivity index (χ0) is 20.2. The normalized spacial score (nSPS) is 10.7. The van der Waals surface area contributed by atoms with Gasteiger partial charge in [0.25, 0.3) is 0 Å². The Bertz CT molecular complexity index is 1170. The Labute approximate surface area is 167 Å². The number of anilines is 1. The van der Waals surface area contributed by atoms with Crippen molar-refractivity contribution in [3.63, 3.8) is 0 Å². The second-order valence-electron chi connectivity index (χ2n) is 6.34. The first kappa shape index (κ1) is 18.4. The van der Waals surface area contributed by atoms with Gasteiger partial charge >= 0.3 is 5.97 Å². The average molecular weight is 386 g/mol. The Morgan fingerprint density at radius 1 is 1.00 bits per heavy atom. The van der Waals surface area contributed by atoms with E-state index in [0.29, 0.717) is 22.8 Å². The molecule has 0 bridgehead atoms. The number of nitrogens with zero attached hydrogens (tertiary/aromatic N) is 3. The molecule has 7 nitrogen and oxygen atoms in total. The third-order valence-corrected chi connectivity index (χ3v) is 4.44. The quantitative estimate of drug-likeness (QED) is 0.531. The number of aromatic nitrogens is 3. The van der Waals surface area contributed by atoms with Gasteiger partial charge in [0.15, 0.2) is 5.82 Å². The van der Waals surface area contributed by atoms with Crippen molar-refractivity contribution in [2.75, 3.05) is 12.4 Å². The number of carbonyl (C=O) groups is 2. The van der Waals surface area contributed by atoms with Crippen LogP contribution in [0.15, 0.2) is 72.9 Å². The molecular weight excluding hydrogens is 368 g/mol. The molecule has 0 saturated carbocycles. The fourth-order valence-electron chi connectivity index (χ4n) is 3.08. The van der Waals surface area contributed by atoms with E-state index in [1.165, 1.54) is 7.11 Å². The van der Waals surface area contributed by atoms with E-state index in [1.807, 2.05) is 47.0 Å². The highest BCUT2D eigenvalue weighted by molar-refractivity contribution is 5.94. The van der Waals surface area contributed by atoms with E-state index in [0.717, 1.165) is 11.0 Å². The van der Waals surface area contributed by atoms with Gasteiger partial charge in [0.2, 0.25) is 5.91 Å². The molecule has 0 radical (unpaired) electrons. The molecule has 4 aromatic rings. The summed E-state index contributed by atoms with van der Waals surface area (Å²) in [5, 5.41) is 2.85. The molecule has 0 aliphatic heterocycles. The monoisotopic (exact) mass is 386 g/mol. The number of hydrogen-bond acceptors (Lipinski definition) is 5. The third kappa shape index (κ3) is 3.84. The number of ether oxygens (including phenoxy) is 1. The van der Waals surface area contributed by atoms with Crippen LogP contribution in [-0.4, -0.2) is 33.5 Å². The smallest absolute Gasteiger partial charge is 0.337 e. The second kappa shape index (κ2) is 7.93. The lowest BCUT2D eigenvalue weighted by Crippen LogP contribution is -2.19. The Morgan fingerprint density at radius 2 is 1.76 bits per heavy atom. The van der Waals surface area contributed by atoms with Crippen LogP contribution in [0.1, 0.15) is 10.4 Å². The summed E-state index contributed by atoms with van der Waals surface area (Å²) in [6.45, 7) is 0.0746. The fourth-order valence-corrected chi connectivity index (χ4v) is 3.08. The number of methoxy groups -OCH3 is 1. The number of para-hydroxylation sites is 2. The van der Waals surface area contributed by atoms with E-state index in [-0.39, 0.29) is 12.5 Å². The summed E-state index contributed by atoms with van der Waals surface area (Å²) >= 11 is 0. The van der Waals surface area contributed by atoms with Crippen LogP contribution in [0.5, 0.6) is 0 Å². The predicted molar refractivity (Wildman–Crippen MR) is 109 cm³/mol. The van der Waals surface area contributed by atoms with E-state index >= 15 is 0 Å². The summed E-state index contributed by atoms with van der Waals surface area (Å²) in [6, 6.07) is 19.8. The van der Waals surface area contributed by atoms with Crippen LogP contribution >= 0.6 is 0 Å². The molecule has 2 heterocycles. The van der Waals surface area contributed by atoms with Gasteiger partial charge in [-0.2, -0.15) is 0 Å². The van der Waals surface area contributed by atoms with Gasteiger partial charge in [-0.15, -0.1) is 0 Å². The minimum Gasteiger partial charge on any atom is -0.465 e. The fraction of sp³-hybridized carbons (Fsp3) is 0.0909. The van der Waals surface area contributed by atoms with Crippen LogP contribution in [0.3, 0.4) is 0 Å². The van der Waals surface area contributed by atoms with Crippen LogP contribution in [0.4, 0.5) is 5.69 Å². The number of carbonyl (C=O) groups excluding carboxylic acids is 2. The number of hydrogen-bond donors (Lipinski definition) is 1. The molecule has 0 atom stereocenters. The summed E-state index contributed by atoms with van der Waals surface area (Å²) in [7, 11) is 1.33. The van der Waals surface area contributed by atoms with Gasteiger partial charge in [-0.25, -0.2) is 9.78 Å². The Hall–Kier alpha value is -4.00. The minimum atomic E-state index is -0.423. The van der Waals surface area contributed by atoms with E-state index in [9.17, 15) is 9.59 Å². The zero-order valence-electron chi connectivity index (χ0n) is 15.7. The van der Waals surface area contributed by atoms with Crippen molar-refractivity contribution in [1.82, 2.24) is 14.5 Å². The molecular formula is C22H18N4O3. The summed E-state index contributed by atoms with van der Waals surface area (Å²) in [4.78, 5) is 33.3. The van der Waals surface area contributed by atoms with Gasteiger partial charge in [-0.1, -0.05) is 18.2 Å². The highest BCUT2D eigenvalue weighted by Crippen LogP contribution is 2.23. The lowest BCUT2D eigenvalue weighted by Gasteiger charge is -2.10. The first-order chi connectivity index (χ1) is 14.2. The molecule has 2 aromatic heterocycles. The number of nitrogens with one attached hydrogen (secondary N) is 1. The van der Waals surface area contributed by atoms with E-state index in [2.05, 4.69) is 20.0 Å². The Balaban J connectivity index is 1.60. The van der Waals surface area contributed by atoms with Crippen LogP contribution in [0.2, 0.25) is 0 Å². The van der Waals surface area contributed by atoms with E-state index in [1.54, 1.807) is 30.5 Å².